The van der Waals surface area contributed by atoms with Gasteiger partial charge in [-0.1, -0.05) is 84.4 Å². The second kappa shape index (κ2) is 13.3. The highest BCUT2D eigenvalue weighted by molar-refractivity contribution is 14.1. The number of benzene rings is 4. The van der Waals surface area contributed by atoms with Crippen molar-refractivity contribution in [3.05, 3.63) is 159 Å². The van der Waals surface area contributed by atoms with Crippen molar-refractivity contribution in [2.75, 3.05) is 7.11 Å². The predicted molar refractivity (Wildman–Crippen MR) is 225 cm³/mol. The topological polar surface area (TPSA) is 66.6 Å². The van der Waals surface area contributed by atoms with Gasteiger partial charge in [-0.3, -0.25) is 0 Å². The molecule has 4 aromatic carbocycles. The monoisotopic (exact) mass is 784 g/mol. The van der Waals surface area contributed by atoms with Crippen LogP contribution in [-0.4, -0.2) is 27.0 Å². The van der Waals surface area contributed by atoms with E-state index in [0.29, 0.717) is 0 Å². The molecule has 2 N–H and O–H groups in total. The van der Waals surface area contributed by atoms with Gasteiger partial charge in [-0.05, 0) is 125 Å². The summed E-state index contributed by atoms with van der Waals surface area (Å²) in [5, 5.41) is 0. The van der Waals surface area contributed by atoms with E-state index >= 15 is 0 Å². The Labute approximate surface area is 315 Å². The molecule has 0 saturated carbocycles. The van der Waals surface area contributed by atoms with Gasteiger partial charge in [0.05, 0.1) is 29.9 Å². The molecule has 250 valence electrons. The van der Waals surface area contributed by atoms with E-state index in [2.05, 4.69) is 179 Å². The first kappa shape index (κ1) is 32.0. The number of halogens is 1. The predicted octanol–water partition coefficient (Wildman–Crippen LogP) is 12.2. The van der Waals surface area contributed by atoms with Crippen molar-refractivity contribution in [2.24, 2.45) is 0 Å². The number of methoxy groups -OCH3 is 1. The van der Waals surface area contributed by atoms with Crippen LogP contribution >= 0.6 is 22.6 Å². The minimum atomic E-state index is 0.803. The molecule has 3 aromatic heterocycles. The van der Waals surface area contributed by atoms with Gasteiger partial charge in [-0.25, -0.2) is 9.97 Å². The summed E-state index contributed by atoms with van der Waals surface area (Å²) in [6.07, 6.45) is 8.49. The van der Waals surface area contributed by atoms with Crippen molar-refractivity contribution in [1.29, 1.82) is 0 Å². The number of H-pyrrole nitrogens is 2. The van der Waals surface area contributed by atoms with Crippen LogP contribution in [-0.2, 0) is 0 Å². The van der Waals surface area contributed by atoms with Crippen LogP contribution < -0.4 is 4.74 Å². The summed E-state index contributed by atoms with van der Waals surface area (Å²) < 4.78 is 6.69. The van der Waals surface area contributed by atoms with Gasteiger partial charge in [-0.15, -0.1) is 0 Å². The number of nitrogens with one attached hydrogen (secondary N) is 2. The van der Waals surface area contributed by atoms with Crippen LogP contribution in [0, 0.1) is 10.5 Å². The van der Waals surface area contributed by atoms with Crippen molar-refractivity contribution >= 4 is 69.0 Å². The Kier molecular flexibility index (Phi) is 8.16. The Morgan fingerprint density at radius 3 is 1.35 bits per heavy atom. The van der Waals surface area contributed by atoms with Crippen LogP contribution in [0.5, 0.6) is 5.75 Å². The standard InChI is InChI=1S/C46H33IN4O/c1-28-8-10-30(11-9-28)44-37-22-20-35(48-37)43(29-6-4-3-5-7-29)36-21-23-41(49-36)46(32-14-18-34(52-2)19-15-32)42-27-26-40(51-42)45(39-25-24-38(44)50-39)31-12-16-33(47)17-13-31/h3-27,48-49H,1-2H3. The summed E-state index contributed by atoms with van der Waals surface area (Å²) in [5.74, 6) is 0.803. The molecular weight excluding hydrogens is 751 g/mol. The smallest absolute Gasteiger partial charge is 0.118 e. The Morgan fingerprint density at radius 2 is 0.846 bits per heavy atom. The fourth-order valence-corrected chi connectivity index (χ4v) is 7.48. The van der Waals surface area contributed by atoms with Gasteiger partial charge >= 0.3 is 0 Å². The molecule has 5 heterocycles. The van der Waals surface area contributed by atoms with Crippen molar-refractivity contribution in [1.82, 2.24) is 19.9 Å². The van der Waals surface area contributed by atoms with Crippen molar-refractivity contribution in [3.8, 4) is 50.3 Å². The van der Waals surface area contributed by atoms with Gasteiger partial charge in [0.1, 0.15) is 5.75 Å². The van der Waals surface area contributed by atoms with Gasteiger partial charge in [0.15, 0.2) is 0 Å². The molecule has 9 rings (SSSR count). The summed E-state index contributed by atoms with van der Waals surface area (Å²) in [6, 6.07) is 44.7. The van der Waals surface area contributed by atoms with E-state index in [1.54, 1.807) is 7.11 Å². The number of aromatic nitrogens is 4. The second-order valence-corrected chi connectivity index (χ2v) is 14.2. The summed E-state index contributed by atoms with van der Waals surface area (Å²) in [4.78, 5) is 18.4. The Bertz CT molecular complexity index is 2700. The van der Waals surface area contributed by atoms with Gasteiger partial charge in [-0.2, -0.15) is 0 Å². The highest BCUT2D eigenvalue weighted by atomic mass is 127. The van der Waals surface area contributed by atoms with Crippen LogP contribution in [0.25, 0.3) is 90.9 Å². The normalized spacial score (nSPS) is 12.0. The largest absolute Gasteiger partial charge is 0.497 e. The molecule has 0 aliphatic carbocycles. The summed E-state index contributed by atoms with van der Waals surface area (Å²) in [6.45, 7) is 2.12. The first-order chi connectivity index (χ1) is 25.5. The van der Waals surface area contributed by atoms with Crippen molar-refractivity contribution < 1.29 is 4.74 Å². The molecule has 5 nitrogen and oxygen atoms in total. The first-order valence-corrected chi connectivity index (χ1v) is 18.3. The van der Waals surface area contributed by atoms with Crippen LogP contribution in [0.15, 0.2) is 127 Å². The van der Waals surface area contributed by atoms with Crippen molar-refractivity contribution in [3.63, 3.8) is 0 Å². The molecule has 2 aliphatic heterocycles. The molecule has 8 bridgehead atoms. The van der Waals surface area contributed by atoms with Crippen molar-refractivity contribution in [2.45, 2.75) is 6.92 Å². The van der Waals surface area contributed by atoms with Gasteiger partial charge in [0.25, 0.3) is 0 Å². The number of hydrogen-bond donors (Lipinski definition) is 2. The third-order valence-electron chi connectivity index (χ3n) is 9.67. The number of nitrogens with zero attached hydrogens (tertiary/aromatic N) is 2. The lowest BCUT2D eigenvalue weighted by atomic mass is 10.0. The van der Waals surface area contributed by atoms with E-state index in [9.17, 15) is 0 Å². The highest BCUT2D eigenvalue weighted by Gasteiger charge is 2.19. The number of rotatable bonds is 5. The molecule has 7 aromatic rings. The molecule has 0 fully saturated rings. The van der Waals surface area contributed by atoms with Gasteiger partial charge in [0, 0.05) is 47.9 Å². The lowest BCUT2D eigenvalue weighted by Crippen LogP contribution is -1.91. The van der Waals surface area contributed by atoms with E-state index in [-0.39, 0.29) is 0 Å². The quantitative estimate of drug-likeness (QED) is 0.171. The second-order valence-electron chi connectivity index (χ2n) is 13.0. The number of aromatic amines is 2. The maximum Gasteiger partial charge on any atom is 0.118 e. The average Bonchev–Trinajstić information content (AvgIpc) is 4.02. The molecule has 0 radical (unpaired) electrons. The average molecular weight is 785 g/mol. The molecule has 0 amide bonds. The molecule has 0 unspecified atom stereocenters. The maximum atomic E-state index is 5.52. The van der Waals surface area contributed by atoms with E-state index < -0.39 is 0 Å². The maximum absolute atomic E-state index is 5.52. The minimum Gasteiger partial charge on any atom is -0.497 e. The summed E-state index contributed by atoms with van der Waals surface area (Å²) in [7, 11) is 1.69. The van der Waals surface area contributed by atoms with Crippen LogP contribution in [0.2, 0.25) is 0 Å². The van der Waals surface area contributed by atoms with E-state index in [0.717, 1.165) is 95.1 Å². The molecule has 6 heteroatoms. The van der Waals surface area contributed by atoms with E-state index in [1.165, 1.54) is 9.13 Å². The molecular formula is C46H33IN4O. The van der Waals surface area contributed by atoms with E-state index in [1.807, 2.05) is 12.1 Å². The Morgan fingerprint density at radius 1 is 0.442 bits per heavy atom. The molecule has 52 heavy (non-hydrogen) atoms. The third kappa shape index (κ3) is 5.85. The van der Waals surface area contributed by atoms with Crippen LogP contribution in [0.1, 0.15) is 28.3 Å². The molecule has 0 spiro atoms. The summed E-state index contributed by atoms with van der Waals surface area (Å²) >= 11 is 2.35. The fourth-order valence-electron chi connectivity index (χ4n) is 7.12. The molecule has 0 atom stereocenters. The Hall–Kier alpha value is -5.99. The zero-order chi connectivity index (χ0) is 35.2. The zero-order valence-corrected chi connectivity index (χ0v) is 30.8. The summed E-state index contributed by atoms with van der Waals surface area (Å²) in [5.41, 5.74) is 17.0. The highest BCUT2D eigenvalue weighted by Crippen LogP contribution is 2.38. The molecule has 2 aliphatic rings. The van der Waals surface area contributed by atoms with Gasteiger partial charge < -0.3 is 14.7 Å². The fraction of sp³-hybridized carbons (Fsp3) is 0.0435. The molecule has 0 saturated heterocycles. The zero-order valence-electron chi connectivity index (χ0n) is 28.6. The minimum absolute atomic E-state index is 0.803. The number of fused-ring (bicyclic) bond motifs is 8. The number of ether oxygens (including phenoxy) is 1. The van der Waals surface area contributed by atoms with Gasteiger partial charge in [0.2, 0.25) is 0 Å². The lowest BCUT2D eigenvalue weighted by molar-refractivity contribution is 0.415. The van der Waals surface area contributed by atoms with Crippen LogP contribution in [0.3, 0.4) is 0 Å². The number of hydrogen-bond acceptors (Lipinski definition) is 3. The SMILES string of the molecule is COc1ccc(-c2c3nc(c(-c4ccc(I)cc4)c4nc(c(-c5ccc(C)cc5)c5ccc([nH]5)c(-c5ccccc5)c5ccc2[nH]5)C=C4)C=C3)cc1. The van der Waals surface area contributed by atoms with E-state index in [4.69, 9.17) is 14.7 Å². The number of aryl methyl sites for hydroxylation is 1. The lowest BCUT2D eigenvalue weighted by Gasteiger charge is -2.08. The first-order valence-electron chi connectivity index (χ1n) is 17.2. The van der Waals surface area contributed by atoms with Crippen LogP contribution in [0.4, 0.5) is 0 Å². The Balaban J connectivity index is 1.46. The third-order valence-corrected chi connectivity index (χ3v) is 10.4.